The average molecular weight is 332 g/mol. The van der Waals surface area contributed by atoms with E-state index in [-0.39, 0.29) is 24.4 Å². The molecule has 1 N–H and O–H groups in total. The Balaban J connectivity index is 1.68. The van der Waals surface area contributed by atoms with Crippen LogP contribution in [0.3, 0.4) is 0 Å². The molecule has 0 radical (unpaired) electrons. The number of anilines is 1. The van der Waals surface area contributed by atoms with Crippen molar-refractivity contribution in [3.05, 3.63) is 52.2 Å². The standard InChI is InChI=1S/C15H14ClN5O2/c1-20-14-12(8-18-20)15(23)21(9-17-14)7-6-13(22)19-11-4-2-10(16)3-5-11/h2-5,8-9H,6-7H2,1H3,(H,19,22). The normalized spacial score (nSPS) is 10.9. The number of nitrogens with one attached hydrogen (secondary N) is 1. The smallest absolute Gasteiger partial charge is 0.264 e. The summed E-state index contributed by atoms with van der Waals surface area (Å²) in [6, 6.07) is 6.83. The summed E-state index contributed by atoms with van der Waals surface area (Å²) < 4.78 is 2.94. The van der Waals surface area contributed by atoms with Crippen LogP contribution in [0.15, 0.2) is 41.6 Å². The zero-order chi connectivity index (χ0) is 16.4. The van der Waals surface area contributed by atoms with Crippen molar-refractivity contribution in [2.24, 2.45) is 7.05 Å². The number of rotatable bonds is 4. The fraction of sp³-hybridized carbons (Fsp3) is 0.200. The Morgan fingerprint density at radius 2 is 2.04 bits per heavy atom. The third-order valence-electron chi connectivity index (χ3n) is 3.43. The molecular weight excluding hydrogens is 318 g/mol. The minimum Gasteiger partial charge on any atom is -0.326 e. The molecule has 7 nitrogen and oxygen atoms in total. The van der Waals surface area contributed by atoms with Crippen molar-refractivity contribution in [1.29, 1.82) is 0 Å². The highest BCUT2D eigenvalue weighted by Gasteiger charge is 2.09. The summed E-state index contributed by atoms with van der Waals surface area (Å²) in [6.45, 7) is 0.246. The summed E-state index contributed by atoms with van der Waals surface area (Å²) in [4.78, 5) is 28.4. The van der Waals surface area contributed by atoms with Crippen LogP contribution in [0.2, 0.25) is 5.02 Å². The number of fused-ring (bicyclic) bond motifs is 1. The Morgan fingerprint density at radius 1 is 1.30 bits per heavy atom. The van der Waals surface area contributed by atoms with E-state index < -0.39 is 0 Å². The number of carbonyl (C=O) groups is 1. The maximum absolute atomic E-state index is 12.3. The molecule has 0 unspecified atom stereocenters. The number of halogens is 1. The van der Waals surface area contributed by atoms with Crippen LogP contribution in [0, 0.1) is 0 Å². The molecule has 2 heterocycles. The first-order valence-electron chi connectivity index (χ1n) is 6.97. The molecule has 23 heavy (non-hydrogen) atoms. The van der Waals surface area contributed by atoms with Gasteiger partial charge in [-0.15, -0.1) is 0 Å². The highest BCUT2D eigenvalue weighted by atomic mass is 35.5. The minimum absolute atomic E-state index is 0.163. The maximum Gasteiger partial charge on any atom is 0.264 e. The molecule has 0 atom stereocenters. The Morgan fingerprint density at radius 3 is 2.78 bits per heavy atom. The SMILES string of the molecule is Cn1ncc2c(=O)n(CCC(=O)Nc3ccc(Cl)cc3)cnc21. The molecule has 0 aliphatic carbocycles. The number of aryl methyl sites for hydroxylation is 2. The molecule has 118 valence electrons. The zero-order valence-electron chi connectivity index (χ0n) is 12.4. The number of aromatic nitrogens is 4. The molecule has 0 saturated heterocycles. The van der Waals surface area contributed by atoms with Gasteiger partial charge in [0.1, 0.15) is 5.39 Å². The number of hydrogen-bond donors (Lipinski definition) is 1. The second-order valence-corrected chi connectivity index (χ2v) is 5.49. The van der Waals surface area contributed by atoms with Crippen molar-refractivity contribution in [1.82, 2.24) is 19.3 Å². The van der Waals surface area contributed by atoms with E-state index in [1.54, 1.807) is 31.3 Å². The number of nitrogens with zero attached hydrogens (tertiary/aromatic N) is 4. The van der Waals surface area contributed by atoms with Crippen molar-refractivity contribution in [3.63, 3.8) is 0 Å². The summed E-state index contributed by atoms with van der Waals surface area (Å²) >= 11 is 5.79. The van der Waals surface area contributed by atoms with Gasteiger partial charge >= 0.3 is 0 Å². The summed E-state index contributed by atoms with van der Waals surface area (Å²) in [5, 5.41) is 7.80. The van der Waals surface area contributed by atoms with Crippen molar-refractivity contribution in [3.8, 4) is 0 Å². The van der Waals surface area contributed by atoms with E-state index in [4.69, 9.17) is 11.6 Å². The van der Waals surface area contributed by atoms with E-state index in [9.17, 15) is 9.59 Å². The van der Waals surface area contributed by atoms with Crippen LogP contribution >= 0.6 is 11.6 Å². The molecule has 2 aromatic heterocycles. The van der Waals surface area contributed by atoms with Gasteiger partial charge in [-0.05, 0) is 24.3 Å². The van der Waals surface area contributed by atoms with Crippen molar-refractivity contribution < 1.29 is 4.79 Å². The van der Waals surface area contributed by atoms with Crippen molar-refractivity contribution >= 4 is 34.2 Å². The third-order valence-corrected chi connectivity index (χ3v) is 3.68. The lowest BCUT2D eigenvalue weighted by Gasteiger charge is -2.07. The molecule has 0 saturated carbocycles. The van der Waals surface area contributed by atoms with Gasteiger partial charge in [0.05, 0.1) is 12.5 Å². The van der Waals surface area contributed by atoms with E-state index in [1.165, 1.54) is 21.8 Å². The van der Waals surface area contributed by atoms with Crippen LogP contribution in [0.1, 0.15) is 6.42 Å². The second-order valence-electron chi connectivity index (χ2n) is 5.05. The van der Waals surface area contributed by atoms with Gasteiger partial charge < -0.3 is 5.32 Å². The molecule has 1 amide bonds. The van der Waals surface area contributed by atoms with Crippen LogP contribution in [-0.4, -0.2) is 25.2 Å². The summed E-state index contributed by atoms with van der Waals surface area (Å²) in [6.07, 6.45) is 3.08. The second kappa shape index (κ2) is 6.21. The van der Waals surface area contributed by atoms with Gasteiger partial charge in [-0.1, -0.05) is 11.6 Å². The van der Waals surface area contributed by atoms with Gasteiger partial charge in [0.25, 0.3) is 5.56 Å². The zero-order valence-corrected chi connectivity index (χ0v) is 13.1. The lowest BCUT2D eigenvalue weighted by atomic mass is 10.3. The Kier molecular flexibility index (Phi) is 4.12. The number of amides is 1. The molecule has 3 aromatic rings. The first-order valence-corrected chi connectivity index (χ1v) is 7.35. The molecule has 0 fully saturated rings. The molecule has 0 aliphatic heterocycles. The number of benzene rings is 1. The maximum atomic E-state index is 12.3. The van der Waals surface area contributed by atoms with E-state index >= 15 is 0 Å². The molecular formula is C15H14ClN5O2. The molecule has 3 rings (SSSR count). The van der Waals surface area contributed by atoms with Crippen LogP contribution in [0.5, 0.6) is 0 Å². The summed E-state index contributed by atoms with van der Waals surface area (Å²) in [5.41, 5.74) is 0.979. The van der Waals surface area contributed by atoms with Crippen LogP contribution in [0.4, 0.5) is 5.69 Å². The van der Waals surface area contributed by atoms with Gasteiger partial charge in [-0.3, -0.25) is 18.8 Å². The average Bonchev–Trinajstić information content (AvgIpc) is 2.91. The lowest BCUT2D eigenvalue weighted by molar-refractivity contribution is -0.116. The molecule has 1 aromatic carbocycles. The summed E-state index contributed by atoms with van der Waals surface area (Å²) in [7, 11) is 1.72. The first kappa shape index (κ1) is 15.2. The van der Waals surface area contributed by atoms with Crippen LogP contribution in [0.25, 0.3) is 11.0 Å². The van der Waals surface area contributed by atoms with Crippen LogP contribution in [-0.2, 0) is 18.4 Å². The fourth-order valence-electron chi connectivity index (χ4n) is 2.20. The summed E-state index contributed by atoms with van der Waals surface area (Å²) in [5.74, 6) is -0.189. The topological polar surface area (TPSA) is 81.8 Å². The van der Waals surface area contributed by atoms with Gasteiger partial charge in [0.2, 0.25) is 5.91 Å². The lowest BCUT2D eigenvalue weighted by Crippen LogP contribution is -2.23. The fourth-order valence-corrected chi connectivity index (χ4v) is 2.33. The molecule has 8 heteroatoms. The largest absolute Gasteiger partial charge is 0.326 e. The Labute approximate surface area is 136 Å². The van der Waals surface area contributed by atoms with Crippen LogP contribution < -0.4 is 10.9 Å². The van der Waals surface area contributed by atoms with Gasteiger partial charge in [0.15, 0.2) is 5.65 Å². The quantitative estimate of drug-likeness (QED) is 0.790. The predicted molar refractivity (Wildman–Crippen MR) is 87.5 cm³/mol. The molecule has 0 spiro atoms. The van der Waals surface area contributed by atoms with Gasteiger partial charge in [0, 0.05) is 30.7 Å². The van der Waals surface area contributed by atoms with E-state index in [0.717, 1.165) is 0 Å². The van der Waals surface area contributed by atoms with Crippen molar-refractivity contribution in [2.75, 3.05) is 5.32 Å². The minimum atomic E-state index is -0.206. The monoisotopic (exact) mass is 331 g/mol. The Bertz CT molecular complexity index is 914. The predicted octanol–water partition coefficient (Wildman–Crippen LogP) is 1.81. The van der Waals surface area contributed by atoms with Gasteiger partial charge in [-0.25, -0.2) is 4.98 Å². The highest BCUT2D eigenvalue weighted by Crippen LogP contribution is 2.13. The number of carbonyl (C=O) groups excluding carboxylic acids is 1. The van der Waals surface area contributed by atoms with E-state index in [2.05, 4.69) is 15.4 Å². The van der Waals surface area contributed by atoms with E-state index in [1.807, 2.05) is 0 Å². The number of hydrogen-bond acceptors (Lipinski definition) is 4. The van der Waals surface area contributed by atoms with Gasteiger partial charge in [-0.2, -0.15) is 5.10 Å². The van der Waals surface area contributed by atoms with Crippen molar-refractivity contribution in [2.45, 2.75) is 13.0 Å². The molecule has 0 aliphatic rings. The Hall–Kier alpha value is -2.67. The molecule has 0 bridgehead atoms. The van der Waals surface area contributed by atoms with E-state index in [0.29, 0.717) is 21.7 Å². The third kappa shape index (κ3) is 3.24. The highest BCUT2D eigenvalue weighted by molar-refractivity contribution is 6.30. The first-order chi connectivity index (χ1) is 11.0.